The molecule has 108 valence electrons. The molecule has 18 heavy (non-hydrogen) atoms. The van der Waals surface area contributed by atoms with Gasteiger partial charge in [-0.25, -0.2) is 0 Å². The second-order valence-corrected chi connectivity index (χ2v) is 6.69. The molecule has 0 spiro atoms. The molecule has 2 N–H and O–H groups in total. The lowest BCUT2D eigenvalue weighted by Gasteiger charge is -2.38. The van der Waals surface area contributed by atoms with E-state index in [9.17, 15) is 10.2 Å². The minimum absolute atomic E-state index is 0.0672. The third-order valence-electron chi connectivity index (χ3n) is 4.12. The third-order valence-corrected chi connectivity index (χ3v) is 4.12. The minimum atomic E-state index is -0.655. The number of nitrogens with zero attached hydrogens (tertiary/aromatic N) is 1. The summed E-state index contributed by atoms with van der Waals surface area (Å²) in [6.07, 6.45) is 7.34. The summed E-state index contributed by atoms with van der Waals surface area (Å²) in [5.41, 5.74) is -0.588. The molecule has 1 aliphatic rings. The van der Waals surface area contributed by atoms with Crippen LogP contribution in [0.25, 0.3) is 0 Å². The van der Waals surface area contributed by atoms with E-state index in [1.54, 1.807) is 0 Å². The first-order valence-corrected chi connectivity index (χ1v) is 7.46. The van der Waals surface area contributed by atoms with E-state index in [2.05, 4.69) is 11.8 Å². The Morgan fingerprint density at radius 1 is 1.11 bits per heavy atom. The summed E-state index contributed by atoms with van der Waals surface area (Å²) in [4.78, 5) is 2.29. The summed E-state index contributed by atoms with van der Waals surface area (Å²) >= 11 is 0. The molecular formula is C15H31NO2. The van der Waals surface area contributed by atoms with Gasteiger partial charge in [-0.1, -0.05) is 32.6 Å². The van der Waals surface area contributed by atoms with Gasteiger partial charge in [-0.05, 0) is 33.2 Å². The largest absolute Gasteiger partial charge is 0.396 e. The van der Waals surface area contributed by atoms with Gasteiger partial charge in [0.25, 0.3) is 0 Å². The molecule has 0 aromatic carbocycles. The van der Waals surface area contributed by atoms with E-state index in [-0.39, 0.29) is 12.0 Å². The van der Waals surface area contributed by atoms with Gasteiger partial charge in [-0.3, -0.25) is 0 Å². The summed E-state index contributed by atoms with van der Waals surface area (Å²) < 4.78 is 0. The normalized spacial score (nSPS) is 21.0. The molecule has 0 saturated heterocycles. The standard InChI is InChI=1S/C15H31NO2/c1-4-16(11-14(2,3)18)12-15(13-17)9-7-5-6-8-10-15/h17-18H,4-13H2,1-3H3. The summed E-state index contributed by atoms with van der Waals surface area (Å²) in [6.45, 7) is 8.67. The molecule has 0 unspecified atom stereocenters. The smallest absolute Gasteiger partial charge is 0.0718 e. The first kappa shape index (κ1) is 15.9. The average Bonchev–Trinajstić information content (AvgIpc) is 2.52. The molecule has 0 radical (unpaired) electrons. The topological polar surface area (TPSA) is 43.7 Å². The molecule has 1 rings (SSSR count). The molecule has 3 heteroatoms. The van der Waals surface area contributed by atoms with Crippen molar-refractivity contribution in [3.63, 3.8) is 0 Å². The lowest BCUT2D eigenvalue weighted by Crippen LogP contribution is -2.45. The highest BCUT2D eigenvalue weighted by molar-refractivity contribution is 4.85. The average molecular weight is 257 g/mol. The molecule has 0 atom stereocenters. The Hall–Kier alpha value is -0.120. The second-order valence-electron chi connectivity index (χ2n) is 6.69. The number of rotatable bonds is 6. The Balaban J connectivity index is 2.63. The zero-order valence-corrected chi connectivity index (χ0v) is 12.4. The van der Waals surface area contributed by atoms with Gasteiger partial charge in [0.05, 0.1) is 5.60 Å². The molecule has 0 amide bonds. The van der Waals surface area contributed by atoms with Crippen LogP contribution in [0.5, 0.6) is 0 Å². The van der Waals surface area contributed by atoms with Crippen molar-refractivity contribution in [1.29, 1.82) is 0 Å². The van der Waals surface area contributed by atoms with Gasteiger partial charge in [0.1, 0.15) is 0 Å². The predicted octanol–water partition coefficient (Wildman–Crippen LogP) is 2.41. The molecule has 1 fully saturated rings. The van der Waals surface area contributed by atoms with Crippen LogP contribution >= 0.6 is 0 Å². The lowest BCUT2D eigenvalue weighted by molar-refractivity contribution is 0.00404. The van der Waals surface area contributed by atoms with E-state index in [0.717, 1.165) is 25.9 Å². The second kappa shape index (κ2) is 6.88. The van der Waals surface area contributed by atoms with Crippen LogP contribution in [-0.2, 0) is 0 Å². The summed E-state index contributed by atoms with van der Waals surface area (Å²) in [5.74, 6) is 0. The van der Waals surface area contributed by atoms with Crippen LogP contribution in [0.2, 0.25) is 0 Å². The Bertz CT molecular complexity index is 227. The van der Waals surface area contributed by atoms with Gasteiger partial charge in [0, 0.05) is 25.1 Å². The molecule has 0 heterocycles. The fourth-order valence-corrected chi connectivity index (χ4v) is 3.15. The first-order chi connectivity index (χ1) is 8.41. The van der Waals surface area contributed by atoms with E-state index < -0.39 is 5.60 Å². The molecule has 0 bridgehead atoms. The summed E-state index contributed by atoms with van der Waals surface area (Å²) in [7, 11) is 0. The van der Waals surface area contributed by atoms with Crippen LogP contribution in [0.3, 0.4) is 0 Å². The summed E-state index contributed by atoms with van der Waals surface area (Å²) in [6, 6.07) is 0. The highest BCUT2D eigenvalue weighted by Gasteiger charge is 2.33. The van der Waals surface area contributed by atoms with Crippen molar-refractivity contribution >= 4 is 0 Å². The zero-order chi connectivity index (χ0) is 13.6. The quantitative estimate of drug-likeness (QED) is 0.718. The van der Waals surface area contributed by atoms with E-state index in [1.807, 2.05) is 13.8 Å². The SMILES string of the molecule is CCN(CC(C)(C)O)CC1(CO)CCCCCC1. The van der Waals surface area contributed by atoms with Crippen molar-refractivity contribution in [2.45, 2.75) is 64.9 Å². The highest BCUT2D eigenvalue weighted by Crippen LogP contribution is 2.35. The van der Waals surface area contributed by atoms with Gasteiger partial charge >= 0.3 is 0 Å². The molecule has 0 aromatic heterocycles. The molecule has 1 saturated carbocycles. The molecule has 1 aliphatic carbocycles. The van der Waals surface area contributed by atoms with E-state index in [4.69, 9.17) is 0 Å². The van der Waals surface area contributed by atoms with Crippen LogP contribution in [0.1, 0.15) is 59.3 Å². The van der Waals surface area contributed by atoms with Crippen molar-refractivity contribution in [1.82, 2.24) is 4.90 Å². The lowest BCUT2D eigenvalue weighted by atomic mass is 9.80. The van der Waals surface area contributed by atoms with E-state index >= 15 is 0 Å². The van der Waals surface area contributed by atoms with Gasteiger partial charge in [-0.2, -0.15) is 0 Å². The van der Waals surface area contributed by atoms with Gasteiger partial charge in [0.2, 0.25) is 0 Å². The number of aliphatic hydroxyl groups is 2. The first-order valence-electron chi connectivity index (χ1n) is 7.46. The van der Waals surface area contributed by atoms with Crippen LogP contribution in [-0.4, -0.2) is 47.0 Å². The van der Waals surface area contributed by atoms with Crippen molar-refractivity contribution in [2.75, 3.05) is 26.2 Å². The van der Waals surface area contributed by atoms with Crippen molar-refractivity contribution in [3.05, 3.63) is 0 Å². The van der Waals surface area contributed by atoms with Crippen LogP contribution < -0.4 is 0 Å². The molecule has 0 aliphatic heterocycles. The highest BCUT2D eigenvalue weighted by atomic mass is 16.3. The predicted molar refractivity (Wildman–Crippen MR) is 75.6 cm³/mol. The van der Waals surface area contributed by atoms with E-state index in [1.165, 1.54) is 25.7 Å². The number of hydrogen-bond donors (Lipinski definition) is 2. The Kier molecular flexibility index (Phi) is 6.09. The molecular weight excluding hydrogens is 226 g/mol. The molecule has 0 aromatic rings. The maximum Gasteiger partial charge on any atom is 0.0718 e. The number of likely N-dealkylation sites (N-methyl/N-ethyl adjacent to an activating group) is 1. The van der Waals surface area contributed by atoms with Crippen LogP contribution in [0.15, 0.2) is 0 Å². The summed E-state index contributed by atoms with van der Waals surface area (Å²) in [5, 5.41) is 19.8. The Morgan fingerprint density at radius 2 is 1.67 bits per heavy atom. The van der Waals surface area contributed by atoms with E-state index in [0.29, 0.717) is 6.54 Å². The van der Waals surface area contributed by atoms with Crippen LogP contribution in [0, 0.1) is 5.41 Å². The van der Waals surface area contributed by atoms with Crippen molar-refractivity contribution in [2.24, 2.45) is 5.41 Å². The number of hydrogen-bond acceptors (Lipinski definition) is 3. The third kappa shape index (κ3) is 5.25. The van der Waals surface area contributed by atoms with Crippen LogP contribution in [0.4, 0.5) is 0 Å². The molecule has 3 nitrogen and oxygen atoms in total. The van der Waals surface area contributed by atoms with Gasteiger partial charge in [0.15, 0.2) is 0 Å². The van der Waals surface area contributed by atoms with Crippen molar-refractivity contribution in [3.8, 4) is 0 Å². The maximum absolute atomic E-state index is 9.96. The fourth-order valence-electron chi connectivity index (χ4n) is 3.15. The fraction of sp³-hybridized carbons (Fsp3) is 1.00. The monoisotopic (exact) mass is 257 g/mol. The van der Waals surface area contributed by atoms with Gasteiger partial charge in [-0.15, -0.1) is 0 Å². The maximum atomic E-state index is 9.96. The van der Waals surface area contributed by atoms with Crippen molar-refractivity contribution < 1.29 is 10.2 Å². The van der Waals surface area contributed by atoms with Gasteiger partial charge < -0.3 is 15.1 Å². The Labute approximate surface area is 112 Å². The number of aliphatic hydroxyl groups excluding tert-OH is 1. The zero-order valence-electron chi connectivity index (χ0n) is 12.4. The Morgan fingerprint density at radius 3 is 2.06 bits per heavy atom. The minimum Gasteiger partial charge on any atom is -0.396 e.